The molecule has 0 radical (unpaired) electrons. The molecular weight excluding hydrogens is 294 g/mol. The van der Waals surface area contributed by atoms with E-state index in [4.69, 9.17) is 16.7 Å². The summed E-state index contributed by atoms with van der Waals surface area (Å²) in [5.74, 6) is 0. The molecule has 1 N–H and O–H groups in total. The Balaban J connectivity index is 2.14. The van der Waals surface area contributed by atoms with Gasteiger partial charge in [0.25, 0.3) is 10.0 Å². The fourth-order valence-corrected chi connectivity index (χ4v) is 5.13. The zero-order valence-corrected chi connectivity index (χ0v) is 12.3. The zero-order valence-electron chi connectivity index (χ0n) is 9.88. The maximum atomic E-state index is 12.4. The highest BCUT2D eigenvalue weighted by atomic mass is 35.5. The van der Waals surface area contributed by atoms with E-state index in [2.05, 4.69) is 0 Å². The second kappa shape index (κ2) is 5.88. The minimum absolute atomic E-state index is 0.101. The van der Waals surface area contributed by atoms with Gasteiger partial charge in [-0.3, -0.25) is 0 Å². The van der Waals surface area contributed by atoms with Gasteiger partial charge in [0.15, 0.2) is 0 Å². The molecule has 18 heavy (non-hydrogen) atoms. The molecule has 1 aromatic rings. The predicted molar refractivity (Wildman–Crippen MR) is 72.6 cm³/mol. The van der Waals surface area contributed by atoms with Crippen LogP contribution in [0.25, 0.3) is 0 Å². The molecule has 102 valence electrons. The molecule has 0 aromatic carbocycles. The third-order valence-electron chi connectivity index (χ3n) is 2.85. The quantitative estimate of drug-likeness (QED) is 0.786. The summed E-state index contributed by atoms with van der Waals surface area (Å²) in [6.07, 6.45) is 3.17. The highest BCUT2D eigenvalue weighted by Crippen LogP contribution is 2.35. The first-order chi connectivity index (χ1) is 8.55. The average Bonchev–Trinajstić information content (AvgIpc) is 3.05. The molecule has 2 rings (SSSR count). The normalized spacial score (nSPS) is 16.4. The number of halogens is 1. The number of hydrogen-bond acceptors (Lipinski definition) is 4. The Morgan fingerprint density at radius 2 is 2.11 bits per heavy atom. The summed E-state index contributed by atoms with van der Waals surface area (Å²) >= 11 is 6.89. The molecule has 0 amide bonds. The third-order valence-corrected chi connectivity index (χ3v) is 6.50. The Morgan fingerprint density at radius 3 is 2.61 bits per heavy atom. The summed E-state index contributed by atoms with van der Waals surface area (Å²) in [6, 6.07) is 3.30. The van der Waals surface area contributed by atoms with Crippen molar-refractivity contribution >= 4 is 33.0 Å². The Bertz CT molecular complexity index is 496. The van der Waals surface area contributed by atoms with E-state index in [1.54, 1.807) is 16.4 Å². The number of rotatable bonds is 7. The fraction of sp³-hybridized carbons (Fsp3) is 0.636. The molecule has 4 nitrogen and oxygen atoms in total. The van der Waals surface area contributed by atoms with Crippen LogP contribution in [-0.2, 0) is 10.0 Å². The Morgan fingerprint density at radius 1 is 1.39 bits per heavy atom. The molecule has 0 bridgehead atoms. The molecule has 0 spiro atoms. The van der Waals surface area contributed by atoms with Crippen LogP contribution in [0.15, 0.2) is 16.3 Å². The van der Waals surface area contributed by atoms with Crippen molar-refractivity contribution < 1.29 is 13.5 Å². The van der Waals surface area contributed by atoms with E-state index in [1.807, 2.05) is 0 Å². The highest BCUT2D eigenvalue weighted by Gasteiger charge is 2.38. The first-order valence-corrected chi connectivity index (χ1v) is 8.57. The number of hydrogen-bond donors (Lipinski definition) is 1. The van der Waals surface area contributed by atoms with Crippen molar-refractivity contribution in [3.8, 4) is 0 Å². The monoisotopic (exact) mass is 309 g/mol. The lowest BCUT2D eigenvalue weighted by Gasteiger charge is -2.20. The summed E-state index contributed by atoms with van der Waals surface area (Å²) in [5.41, 5.74) is 0. The molecule has 7 heteroatoms. The van der Waals surface area contributed by atoms with E-state index in [-0.39, 0.29) is 12.6 Å². The van der Waals surface area contributed by atoms with Gasteiger partial charge in [-0.25, -0.2) is 8.42 Å². The van der Waals surface area contributed by atoms with E-state index >= 15 is 0 Å². The van der Waals surface area contributed by atoms with Crippen molar-refractivity contribution in [3.63, 3.8) is 0 Å². The predicted octanol–water partition coefficient (Wildman–Crippen LogP) is 2.33. The molecule has 1 heterocycles. The first kappa shape index (κ1) is 14.3. The van der Waals surface area contributed by atoms with E-state index in [0.29, 0.717) is 27.9 Å². The standard InChI is InChI=1S/C11H16ClNO3S2/c12-10-5-6-11(17-10)18(15,16)13(9-3-4-9)7-1-2-8-14/h5-6,9,14H,1-4,7-8H2. The molecule has 1 saturated carbocycles. The molecule has 1 fully saturated rings. The maximum absolute atomic E-state index is 12.4. The number of thiophene rings is 1. The number of aliphatic hydroxyl groups excluding tert-OH is 1. The summed E-state index contributed by atoms with van der Waals surface area (Å²) in [4.78, 5) is 0. The molecule has 0 unspecified atom stereocenters. The summed E-state index contributed by atoms with van der Waals surface area (Å²) < 4.78 is 27.2. The molecule has 0 atom stereocenters. The molecule has 1 aliphatic carbocycles. The van der Waals surface area contributed by atoms with Gasteiger partial charge in [-0.2, -0.15) is 4.31 Å². The van der Waals surface area contributed by atoms with Crippen LogP contribution in [0, 0.1) is 0 Å². The van der Waals surface area contributed by atoms with Gasteiger partial charge in [-0.15, -0.1) is 11.3 Å². The Labute approximate surface area is 116 Å². The van der Waals surface area contributed by atoms with Gasteiger partial charge in [0, 0.05) is 19.2 Å². The van der Waals surface area contributed by atoms with E-state index < -0.39 is 10.0 Å². The number of nitrogens with zero attached hydrogens (tertiary/aromatic N) is 1. The minimum Gasteiger partial charge on any atom is -0.396 e. The van der Waals surface area contributed by atoms with Gasteiger partial charge in [0.1, 0.15) is 4.21 Å². The fourth-order valence-electron chi connectivity index (χ4n) is 1.79. The second-order valence-electron chi connectivity index (χ2n) is 4.34. The third kappa shape index (κ3) is 3.24. The van der Waals surface area contributed by atoms with Crippen LogP contribution in [0.3, 0.4) is 0 Å². The molecule has 1 aliphatic rings. The smallest absolute Gasteiger partial charge is 0.252 e. The van der Waals surface area contributed by atoms with Gasteiger partial charge in [0.2, 0.25) is 0 Å². The zero-order chi connectivity index (χ0) is 13.2. The number of aliphatic hydroxyl groups is 1. The summed E-state index contributed by atoms with van der Waals surface area (Å²) in [5, 5.41) is 8.77. The lowest BCUT2D eigenvalue weighted by Crippen LogP contribution is -2.33. The molecular formula is C11H16ClNO3S2. The number of unbranched alkanes of at least 4 members (excludes halogenated alkanes) is 1. The largest absolute Gasteiger partial charge is 0.396 e. The van der Waals surface area contributed by atoms with Crippen LogP contribution in [-0.4, -0.2) is 37.0 Å². The Hall–Kier alpha value is -0.140. The molecule has 1 aromatic heterocycles. The molecule has 0 aliphatic heterocycles. The summed E-state index contributed by atoms with van der Waals surface area (Å²) in [6.45, 7) is 0.576. The van der Waals surface area contributed by atoms with Crippen LogP contribution < -0.4 is 0 Å². The van der Waals surface area contributed by atoms with E-state index in [0.717, 1.165) is 24.2 Å². The van der Waals surface area contributed by atoms with Gasteiger partial charge in [-0.05, 0) is 37.8 Å². The van der Waals surface area contributed by atoms with Crippen LogP contribution in [0.4, 0.5) is 0 Å². The van der Waals surface area contributed by atoms with Gasteiger partial charge >= 0.3 is 0 Å². The van der Waals surface area contributed by atoms with Crippen molar-refractivity contribution in [2.75, 3.05) is 13.2 Å². The Kier molecular flexibility index (Phi) is 4.66. The van der Waals surface area contributed by atoms with Gasteiger partial charge < -0.3 is 5.11 Å². The SMILES string of the molecule is O=S(=O)(c1ccc(Cl)s1)N(CCCCO)C1CC1. The van der Waals surface area contributed by atoms with Crippen LogP contribution in [0.5, 0.6) is 0 Å². The van der Waals surface area contributed by atoms with Gasteiger partial charge in [0.05, 0.1) is 4.34 Å². The van der Waals surface area contributed by atoms with Crippen molar-refractivity contribution in [3.05, 3.63) is 16.5 Å². The lowest BCUT2D eigenvalue weighted by atomic mass is 10.3. The van der Waals surface area contributed by atoms with Crippen molar-refractivity contribution in [1.82, 2.24) is 4.31 Å². The number of sulfonamides is 1. The average molecular weight is 310 g/mol. The lowest BCUT2D eigenvalue weighted by molar-refractivity contribution is 0.275. The second-order valence-corrected chi connectivity index (χ2v) is 8.17. The topological polar surface area (TPSA) is 57.6 Å². The summed E-state index contributed by atoms with van der Waals surface area (Å²) in [7, 11) is -3.41. The van der Waals surface area contributed by atoms with Crippen molar-refractivity contribution in [2.24, 2.45) is 0 Å². The molecule has 0 saturated heterocycles. The van der Waals surface area contributed by atoms with E-state index in [9.17, 15) is 8.42 Å². The van der Waals surface area contributed by atoms with Crippen molar-refractivity contribution in [1.29, 1.82) is 0 Å². The van der Waals surface area contributed by atoms with E-state index in [1.165, 1.54) is 0 Å². The van der Waals surface area contributed by atoms with Crippen molar-refractivity contribution in [2.45, 2.75) is 35.9 Å². The van der Waals surface area contributed by atoms with Crippen LogP contribution in [0.2, 0.25) is 4.34 Å². The van der Waals surface area contributed by atoms with Crippen LogP contribution in [0.1, 0.15) is 25.7 Å². The van der Waals surface area contributed by atoms with Crippen LogP contribution >= 0.6 is 22.9 Å². The first-order valence-electron chi connectivity index (χ1n) is 5.94. The highest BCUT2D eigenvalue weighted by molar-refractivity contribution is 7.91. The maximum Gasteiger partial charge on any atom is 0.252 e. The minimum atomic E-state index is -3.41. The van der Waals surface area contributed by atoms with Gasteiger partial charge in [-0.1, -0.05) is 11.6 Å².